The largest absolute Gasteiger partial charge is 0.302 e. The van der Waals surface area contributed by atoms with Crippen LogP contribution in [0.15, 0.2) is 138 Å². The topological polar surface area (TPSA) is 40.5 Å². The van der Waals surface area contributed by atoms with Crippen LogP contribution in [0, 0.1) is 23.7 Å². The Hall–Kier alpha value is -4.71. The SMILES string of the molecule is O=S(O)c1ccc(CN(CC#Cc2ccc(-c3ccccc3)cc2)CC#Cc2ccc(-c3ccccc3)cc2)cc1. The van der Waals surface area contributed by atoms with Gasteiger partial charge in [-0.1, -0.05) is 121 Å². The van der Waals surface area contributed by atoms with E-state index in [4.69, 9.17) is 0 Å². The third kappa shape index (κ3) is 8.15. The fourth-order valence-electron chi connectivity index (χ4n) is 4.40. The summed E-state index contributed by atoms with van der Waals surface area (Å²) in [7, 11) is 0. The molecule has 5 rings (SSSR count). The van der Waals surface area contributed by atoms with Gasteiger partial charge < -0.3 is 4.55 Å². The zero-order chi connectivity index (χ0) is 28.3. The van der Waals surface area contributed by atoms with E-state index >= 15 is 0 Å². The Morgan fingerprint density at radius 1 is 0.537 bits per heavy atom. The van der Waals surface area contributed by atoms with Gasteiger partial charge in [0.15, 0.2) is 11.1 Å². The maximum absolute atomic E-state index is 11.4. The van der Waals surface area contributed by atoms with E-state index in [0.717, 1.165) is 27.8 Å². The van der Waals surface area contributed by atoms with Gasteiger partial charge in [-0.15, -0.1) is 0 Å². The normalized spacial score (nSPS) is 11.2. The molecule has 0 aliphatic carbocycles. The van der Waals surface area contributed by atoms with Gasteiger partial charge in [-0.3, -0.25) is 4.90 Å². The summed E-state index contributed by atoms with van der Waals surface area (Å²) >= 11 is -1.99. The highest BCUT2D eigenvalue weighted by atomic mass is 32.2. The van der Waals surface area contributed by atoms with Crippen LogP contribution in [0.1, 0.15) is 16.7 Å². The number of rotatable bonds is 7. The van der Waals surface area contributed by atoms with Crippen LogP contribution < -0.4 is 0 Å². The van der Waals surface area contributed by atoms with Gasteiger partial charge in [0.25, 0.3) is 0 Å². The first-order valence-corrected chi connectivity index (χ1v) is 14.5. The van der Waals surface area contributed by atoms with Crippen LogP contribution in [0.3, 0.4) is 0 Å². The summed E-state index contributed by atoms with van der Waals surface area (Å²) in [5, 5.41) is 0. The molecule has 0 saturated heterocycles. The van der Waals surface area contributed by atoms with Gasteiger partial charge in [0.2, 0.25) is 0 Å². The van der Waals surface area contributed by atoms with Gasteiger partial charge in [0.05, 0.1) is 18.0 Å². The Labute approximate surface area is 244 Å². The lowest BCUT2D eigenvalue weighted by Crippen LogP contribution is -2.24. The second-order valence-corrected chi connectivity index (χ2v) is 10.5. The molecule has 0 spiro atoms. The molecule has 41 heavy (non-hydrogen) atoms. The van der Waals surface area contributed by atoms with Crippen molar-refractivity contribution >= 4 is 11.1 Å². The average Bonchev–Trinajstić information content (AvgIpc) is 3.03. The molecule has 1 atom stereocenters. The first-order valence-electron chi connectivity index (χ1n) is 13.3. The summed E-state index contributed by atoms with van der Waals surface area (Å²) in [5.41, 5.74) is 7.65. The van der Waals surface area contributed by atoms with Crippen molar-refractivity contribution in [3.63, 3.8) is 0 Å². The summed E-state index contributed by atoms with van der Waals surface area (Å²) in [6, 6.07) is 44.3. The fourth-order valence-corrected chi connectivity index (χ4v) is 4.77. The molecule has 200 valence electrons. The molecule has 0 radical (unpaired) electrons. The van der Waals surface area contributed by atoms with Gasteiger partial charge in [0, 0.05) is 17.7 Å². The van der Waals surface area contributed by atoms with Crippen LogP contribution in [0.25, 0.3) is 22.3 Å². The monoisotopic (exact) mass is 551 g/mol. The van der Waals surface area contributed by atoms with Crippen LogP contribution in [-0.4, -0.2) is 26.8 Å². The Bertz CT molecular complexity index is 1600. The van der Waals surface area contributed by atoms with Crippen molar-refractivity contribution in [2.24, 2.45) is 0 Å². The molecular formula is C37H29NO2S. The summed E-state index contributed by atoms with van der Waals surface area (Å²) in [5.74, 6) is 13.2. The van der Waals surface area contributed by atoms with Gasteiger partial charge in [0.1, 0.15) is 0 Å². The fraction of sp³-hybridized carbons (Fsp3) is 0.0811. The second kappa shape index (κ2) is 14.1. The van der Waals surface area contributed by atoms with Crippen molar-refractivity contribution in [1.82, 2.24) is 4.90 Å². The van der Waals surface area contributed by atoms with Crippen molar-refractivity contribution in [3.05, 3.63) is 150 Å². The molecule has 4 heteroatoms. The lowest BCUT2D eigenvalue weighted by molar-refractivity contribution is 0.337. The standard InChI is InChI=1S/C37H29NO2S/c39-41(40)37-25-19-32(20-26-37)29-38(27-7-9-30-15-21-35(22-16-30)33-11-3-1-4-12-33)28-8-10-31-17-23-36(24-18-31)34-13-5-2-6-14-34/h1-6,11-26H,27-29H2,(H,39,40). The average molecular weight is 552 g/mol. The molecule has 1 N–H and O–H groups in total. The molecule has 0 bridgehead atoms. The zero-order valence-electron chi connectivity index (χ0n) is 22.5. The maximum atomic E-state index is 11.4. The molecule has 5 aromatic carbocycles. The molecule has 0 heterocycles. The van der Waals surface area contributed by atoms with Gasteiger partial charge in [-0.05, 0) is 64.2 Å². The van der Waals surface area contributed by atoms with Crippen molar-refractivity contribution in [3.8, 4) is 45.9 Å². The highest BCUT2D eigenvalue weighted by Crippen LogP contribution is 2.20. The highest BCUT2D eigenvalue weighted by molar-refractivity contribution is 7.79. The molecule has 1 unspecified atom stereocenters. The first kappa shape index (κ1) is 27.8. The molecule has 0 aromatic heterocycles. The third-order valence-corrected chi connectivity index (χ3v) is 7.26. The number of hydrogen-bond acceptors (Lipinski definition) is 2. The summed E-state index contributed by atoms with van der Waals surface area (Å²) in [6.07, 6.45) is 0. The minimum absolute atomic E-state index is 0.387. The van der Waals surface area contributed by atoms with Crippen LogP contribution in [0.5, 0.6) is 0 Å². The maximum Gasteiger partial charge on any atom is 0.186 e. The quantitative estimate of drug-likeness (QED) is 0.168. The third-order valence-electron chi connectivity index (χ3n) is 6.59. The van der Waals surface area contributed by atoms with Gasteiger partial charge in [-0.2, -0.15) is 0 Å². The number of hydrogen-bond donors (Lipinski definition) is 1. The molecule has 5 aromatic rings. The molecular weight excluding hydrogens is 522 g/mol. The van der Waals surface area contributed by atoms with Gasteiger partial charge in [-0.25, -0.2) is 4.21 Å². The van der Waals surface area contributed by atoms with Crippen molar-refractivity contribution in [1.29, 1.82) is 0 Å². The summed E-state index contributed by atoms with van der Waals surface area (Å²) in [6.45, 7) is 1.70. The Balaban J connectivity index is 1.27. The van der Waals surface area contributed by atoms with E-state index in [0.29, 0.717) is 24.5 Å². The van der Waals surface area contributed by atoms with E-state index in [1.165, 1.54) is 11.1 Å². The lowest BCUT2D eigenvalue weighted by atomic mass is 10.0. The molecule has 0 saturated carbocycles. The second-order valence-electron chi connectivity index (χ2n) is 9.53. The molecule has 0 amide bonds. The summed E-state index contributed by atoms with van der Waals surface area (Å²) < 4.78 is 20.7. The molecule has 0 aliphatic heterocycles. The Morgan fingerprint density at radius 2 is 0.951 bits per heavy atom. The van der Waals surface area contributed by atoms with Crippen molar-refractivity contribution in [2.75, 3.05) is 13.1 Å². The van der Waals surface area contributed by atoms with Crippen LogP contribution >= 0.6 is 0 Å². The number of nitrogens with zero attached hydrogens (tertiary/aromatic N) is 1. The van der Waals surface area contributed by atoms with Crippen LogP contribution in [-0.2, 0) is 17.6 Å². The van der Waals surface area contributed by atoms with E-state index < -0.39 is 11.1 Å². The van der Waals surface area contributed by atoms with E-state index in [1.54, 1.807) is 12.1 Å². The minimum Gasteiger partial charge on any atom is -0.302 e. The van der Waals surface area contributed by atoms with E-state index in [1.807, 2.05) is 72.8 Å². The molecule has 3 nitrogen and oxygen atoms in total. The Kier molecular flexibility index (Phi) is 9.56. The van der Waals surface area contributed by atoms with Crippen molar-refractivity contribution < 1.29 is 8.76 Å². The van der Waals surface area contributed by atoms with E-state index in [2.05, 4.69) is 77.1 Å². The zero-order valence-corrected chi connectivity index (χ0v) is 23.4. The predicted molar refractivity (Wildman–Crippen MR) is 168 cm³/mol. The highest BCUT2D eigenvalue weighted by Gasteiger charge is 2.06. The smallest absolute Gasteiger partial charge is 0.186 e. The van der Waals surface area contributed by atoms with Crippen molar-refractivity contribution in [2.45, 2.75) is 11.4 Å². The molecule has 0 fully saturated rings. The van der Waals surface area contributed by atoms with Gasteiger partial charge >= 0.3 is 0 Å². The van der Waals surface area contributed by atoms with Crippen LogP contribution in [0.4, 0.5) is 0 Å². The molecule has 0 aliphatic rings. The minimum atomic E-state index is -1.99. The summed E-state index contributed by atoms with van der Waals surface area (Å²) in [4.78, 5) is 2.56. The number of benzene rings is 5. The predicted octanol–water partition coefficient (Wildman–Crippen LogP) is 7.51. The van der Waals surface area contributed by atoms with E-state index in [-0.39, 0.29) is 0 Å². The Morgan fingerprint density at radius 3 is 1.37 bits per heavy atom. The first-order chi connectivity index (χ1) is 20.1. The van der Waals surface area contributed by atoms with Crippen LogP contribution in [0.2, 0.25) is 0 Å². The van der Waals surface area contributed by atoms with E-state index in [9.17, 15) is 8.76 Å². The lowest BCUT2D eigenvalue weighted by Gasteiger charge is -2.17.